The van der Waals surface area contributed by atoms with E-state index in [1.165, 1.54) is 4.57 Å². The Bertz CT molecular complexity index is 424. The summed E-state index contributed by atoms with van der Waals surface area (Å²) in [6.45, 7) is 3.73. The van der Waals surface area contributed by atoms with Crippen molar-refractivity contribution in [2.24, 2.45) is 13.0 Å². The minimum Gasteiger partial charge on any atom is -0.381 e. The molecular formula is C12H19N3O2. The molecule has 0 bridgehead atoms. The molecular weight excluding hydrogens is 218 g/mol. The van der Waals surface area contributed by atoms with Crippen molar-refractivity contribution in [2.45, 2.75) is 25.8 Å². The van der Waals surface area contributed by atoms with Crippen LogP contribution in [0.5, 0.6) is 0 Å². The number of aryl methyl sites for hydroxylation is 1. The summed E-state index contributed by atoms with van der Waals surface area (Å²) in [4.78, 5) is 15.9. The van der Waals surface area contributed by atoms with Crippen LogP contribution in [0.2, 0.25) is 0 Å². The van der Waals surface area contributed by atoms with Crippen molar-refractivity contribution in [2.75, 3.05) is 18.5 Å². The van der Waals surface area contributed by atoms with Crippen LogP contribution in [0, 0.1) is 5.92 Å². The van der Waals surface area contributed by atoms with Gasteiger partial charge in [0, 0.05) is 38.7 Å². The van der Waals surface area contributed by atoms with Crippen LogP contribution >= 0.6 is 0 Å². The SMILES string of the molecule is CC(Nc1nccn(C)c1=O)C1CCOCC1. The monoisotopic (exact) mass is 237 g/mol. The molecule has 0 saturated carbocycles. The van der Waals surface area contributed by atoms with Crippen molar-refractivity contribution in [3.05, 3.63) is 22.7 Å². The van der Waals surface area contributed by atoms with Crippen LogP contribution in [0.15, 0.2) is 17.2 Å². The Morgan fingerprint density at radius 1 is 1.53 bits per heavy atom. The second-order valence-electron chi connectivity index (χ2n) is 4.57. The Morgan fingerprint density at radius 3 is 2.94 bits per heavy atom. The van der Waals surface area contributed by atoms with Gasteiger partial charge in [0.15, 0.2) is 5.82 Å². The first-order valence-electron chi connectivity index (χ1n) is 6.04. The molecule has 0 spiro atoms. The van der Waals surface area contributed by atoms with Gasteiger partial charge in [-0.15, -0.1) is 0 Å². The van der Waals surface area contributed by atoms with Gasteiger partial charge in [0.2, 0.25) is 0 Å². The predicted molar refractivity (Wildman–Crippen MR) is 66.1 cm³/mol. The van der Waals surface area contributed by atoms with Gasteiger partial charge < -0.3 is 14.6 Å². The van der Waals surface area contributed by atoms with Crippen LogP contribution in [-0.4, -0.2) is 28.8 Å². The van der Waals surface area contributed by atoms with Crippen molar-refractivity contribution in [1.29, 1.82) is 0 Å². The van der Waals surface area contributed by atoms with E-state index in [1.807, 2.05) is 0 Å². The van der Waals surface area contributed by atoms with Gasteiger partial charge in [0.1, 0.15) is 0 Å². The number of hydrogen-bond donors (Lipinski definition) is 1. The number of aromatic nitrogens is 2. The lowest BCUT2D eigenvalue weighted by Gasteiger charge is -2.28. The van der Waals surface area contributed by atoms with E-state index in [4.69, 9.17) is 4.74 Å². The average molecular weight is 237 g/mol. The molecule has 0 amide bonds. The summed E-state index contributed by atoms with van der Waals surface area (Å²) in [5, 5.41) is 3.22. The van der Waals surface area contributed by atoms with E-state index in [0.29, 0.717) is 11.7 Å². The molecule has 1 saturated heterocycles. The van der Waals surface area contributed by atoms with E-state index in [1.54, 1.807) is 19.4 Å². The summed E-state index contributed by atoms with van der Waals surface area (Å²) in [5.41, 5.74) is -0.0774. The van der Waals surface area contributed by atoms with Gasteiger partial charge in [-0.1, -0.05) is 0 Å². The molecule has 1 aliphatic rings. The molecule has 2 rings (SSSR count). The van der Waals surface area contributed by atoms with Gasteiger partial charge in [-0.05, 0) is 25.7 Å². The Labute approximate surface area is 101 Å². The second kappa shape index (κ2) is 5.31. The zero-order valence-corrected chi connectivity index (χ0v) is 10.3. The van der Waals surface area contributed by atoms with Gasteiger partial charge in [-0.3, -0.25) is 4.79 Å². The maximum absolute atomic E-state index is 11.8. The number of nitrogens with one attached hydrogen (secondary N) is 1. The number of hydrogen-bond acceptors (Lipinski definition) is 4. The highest BCUT2D eigenvalue weighted by atomic mass is 16.5. The molecule has 1 aromatic heterocycles. The minimum absolute atomic E-state index is 0.0774. The fourth-order valence-electron chi connectivity index (χ4n) is 2.15. The lowest BCUT2D eigenvalue weighted by atomic mass is 9.93. The number of nitrogens with zero attached hydrogens (tertiary/aromatic N) is 2. The predicted octanol–water partition coefficient (Wildman–Crippen LogP) is 1.01. The molecule has 1 N–H and O–H groups in total. The lowest BCUT2D eigenvalue weighted by molar-refractivity contribution is 0.0622. The van der Waals surface area contributed by atoms with Crippen LogP contribution in [0.3, 0.4) is 0 Å². The highest BCUT2D eigenvalue weighted by Gasteiger charge is 2.21. The highest BCUT2D eigenvalue weighted by Crippen LogP contribution is 2.20. The Kier molecular flexibility index (Phi) is 3.78. The highest BCUT2D eigenvalue weighted by molar-refractivity contribution is 5.32. The fraction of sp³-hybridized carbons (Fsp3) is 0.667. The van der Waals surface area contributed by atoms with Gasteiger partial charge in [-0.25, -0.2) is 4.98 Å². The molecule has 2 heterocycles. The third-order valence-electron chi connectivity index (χ3n) is 3.35. The van der Waals surface area contributed by atoms with Crippen LogP contribution in [0.4, 0.5) is 5.82 Å². The molecule has 0 radical (unpaired) electrons. The second-order valence-corrected chi connectivity index (χ2v) is 4.57. The minimum atomic E-state index is -0.0774. The van der Waals surface area contributed by atoms with Crippen molar-refractivity contribution in [3.63, 3.8) is 0 Å². The van der Waals surface area contributed by atoms with Crippen molar-refractivity contribution < 1.29 is 4.74 Å². The molecule has 1 atom stereocenters. The van der Waals surface area contributed by atoms with E-state index >= 15 is 0 Å². The normalized spacial score (nSPS) is 18.9. The Hall–Kier alpha value is -1.36. The van der Waals surface area contributed by atoms with Crippen LogP contribution < -0.4 is 10.9 Å². The summed E-state index contributed by atoms with van der Waals surface area (Å²) in [6.07, 6.45) is 5.38. The smallest absolute Gasteiger partial charge is 0.293 e. The maximum Gasteiger partial charge on any atom is 0.293 e. The molecule has 5 heteroatoms. The average Bonchev–Trinajstić information content (AvgIpc) is 2.36. The first-order chi connectivity index (χ1) is 8.18. The van der Waals surface area contributed by atoms with E-state index < -0.39 is 0 Å². The van der Waals surface area contributed by atoms with Crippen molar-refractivity contribution >= 4 is 5.82 Å². The van der Waals surface area contributed by atoms with Gasteiger partial charge in [-0.2, -0.15) is 0 Å². The Balaban J connectivity index is 2.04. The molecule has 1 unspecified atom stereocenters. The zero-order valence-electron chi connectivity index (χ0n) is 10.3. The molecule has 1 aliphatic heterocycles. The van der Waals surface area contributed by atoms with E-state index in [2.05, 4.69) is 17.2 Å². The quantitative estimate of drug-likeness (QED) is 0.852. The molecule has 5 nitrogen and oxygen atoms in total. The summed E-state index contributed by atoms with van der Waals surface area (Å²) in [5.74, 6) is 0.990. The van der Waals surface area contributed by atoms with Crippen LogP contribution in [-0.2, 0) is 11.8 Å². The zero-order chi connectivity index (χ0) is 12.3. The number of rotatable bonds is 3. The van der Waals surface area contributed by atoms with Crippen molar-refractivity contribution in [3.8, 4) is 0 Å². The largest absolute Gasteiger partial charge is 0.381 e. The number of ether oxygens (including phenoxy) is 1. The molecule has 1 fully saturated rings. The van der Waals surface area contributed by atoms with E-state index in [9.17, 15) is 4.79 Å². The van der Waals surface area contributed by atoms with Crippen LogP contribution in [0.1, 0.15) is 19.8 Å². The van der Waals surface area contributed by atoms with Crippen molar-refractivity contribution in [1.82, 2.24) is 9.55 Å². The van der Waals surface area contributed by atoms with Crippen LogP contribution in [0.25, 0.3) is 0 Å². The summed E-state index contributed by atoms with van der Waals surface area (Å²) in [7, 11) is 1.73. The standard InChI is InChI=1S/C12H19N3O2/c1-9(10-3-7-17-8-4-10)14-11-12(16)15(2)6-5-13-11/h5-6,9-10H,3-4,7-8H2,1-2H3,(H,13,14). The summed E-state index contributed by atoms with van der Waals surface area (Å²) >= 11 is 0. The van der Waals surface area contributed by atoms with Gasteiger partial charge in [0.25, 0.3) is 5.56 Å². The Morgan fingerprint density at radius 2 is 2.24 bits per heavy atom. The fourth-order valence-corrected chi connectivity index (χ4v) is 2.15. The lowest BCUT2D eigenvalue weighted by Crippen LogP contribution is -2.34. The molecule has 94 valence electrons. The summed E-state index contributed by atoms with van der Waals surface area (Å²) in [6, 6.07) is 0.251. The van der Waals surface area contributed by atoms with E-state index in [-0.39, 0.29) is 11.6 Å². The third-order valence-corrected chi connectivity index (χ3v) is 3.35. The first-order valence-corrected chi connectivity index (χ1v) is 6.04. The van der Waals surface area contributed by atoms with Gasteiger partial charge in [0.05, 0.1) is 0 Å². The first kappa shape index (κ1) is 12.1. The van der Waals surface area contributed by atoms with E-state index in [0.717, 1.165) is 26.1 Å². The summed E-state index contributed by atoms with van der Waals surface area (Å²) < 4.78 is 6.87. The number of anilines is 1. The molecule has 17 heavy (non-hydrogen) atoms. The van der Waals surface area contributed by atoms with Gasteiger partial charge >= 0.3 is 0 Å². The maximum atomic E-state index is 11.8. The third kappa shape index (κ3) is 2.85. The molecule has 0 aromatic carbocycles. The molecule has 0 aliphatic carbocycles. The molecule has 1 aromatic rings. The topological polar surface area (TPSA) is 56.2 Å².